The molecule has 4 heteroatoms. The van der Waals surface area contributed by atoms with Crippen LogP contribution in [0.5, 0.6) is 0 Å². The van der Waals surface area contributed by atoms with Gasteiger partial charge in [0.2, 0.25) is 0 Å². The lowest BCUT2D eigenvalue weighted by molar-refractivity contribution is -0.147. The Morgan fingerprint density at radius 3 is 2.83 bits per heavy atom. The van der Waals surface area contributed by atoms with E-state index in [-0.39, 0.29) is 0 Å². The molecule has 0 unspecified atom stereocenters. The van der Waals surface area contributed by atoms with Crippen LogP contribution in [0.3, 0.4) is 0 Å². The molecule has 1 heterocycles. The fourth-order valence-corrected chi connectivity index (χ4v) is 3.52. The van der Waals surface area contributed by atoms with E-state index in [9.17, 15) is 9.90 Å². The molecule has 1 aliphatic carbocycles. The van der Waals surface area contributed by atoms with E-state index in [0.717, 1.165) is 46.5 Å². The molecule has 18 heavy (non-hydrogen) atoms. The molecule has 1 saturated carbocycles. The Labute approximate surface area is 109 Å². The number of rotatable bonds is 3. The highest BCUT2D eigenvalue weighted by atomic mass is 32.1. The molecule has 0 bridgehead atoms. The molecule has 94 valence electrons. The van der Waals surface area contributed by atoms with Crippen molar-refractivity contribution in [1.29, 1.82) is 0 Å². The van der Waals surface area contributed by atoms with E-state index in [1.165, 1.54) is 0 Å². The van der Waals surface area contributed by atoms with Crippen molar-refractivity contribution in [2.75, 3.05) is 0 Å². The summed E-state index contributed by atoms with van der Waals surface area (Å²) in [5.74, 6) is -0.687. The van der Waals surface area contributed by atoms with Gasteiger partial charge in [-0.3, -0.25) is 4.79 Å². The summed E-state index contributed by atoms with van der Waals surface area (Å²) >= 11 is 1.67. The average Bonchev–Trinajstić information content (AvgIpc) is 2.69. The van der Waals surface area contributed by atoms with Gasteiger partial charge in [0.25, 0.3) is 0 Å². The molecular weight excluding hydrogens is 246 g/mol. The normalized spacial score (nSPS) is 17.6. The first-order chi connectivity index (χ1) is 8.65. The zero-order valence-electron chi connectivity index (χ0n) is 10.3. The lowest BCUT2D eigenvalue weighted by atomic mass is 9.64. The van der Waals surface area contributed by atoms with Gasteiger partial charge in [0, 0.05) is 0 Å². The fourth-order valence-electron chi connectivity index (χ4n) is 2.58. The summed E-state index contributed by atoms with van der Waals surface area (Å²) in [5, 5.41) is 10.6. The molecule has 0 aliphatic heterocycles. The molecule has 0 radical (unpaired) electrons. The van der Waals surface area contributed by atoms with Crippen LogP contribution >= 0.6 is 11.3 Å². The Morgan fingerprint density at radius 1 is 1.50 bits per heavy atom. The summed E-state index contributed by atoms with van der Waals surface area (Å²) in [5.41, 5.74) is 1.30. The van der Waals surface area contributed by atoms with E-state index in [4.69, 9.17) is 0 Å². The van der Waals surface area contributed by atoms with Crippen LogP contribution in [0.25, 0.3) is 10.2 Å². The van der Waals surface area contributed by atoms with E-state index >= 15 is 0 Å². The summed E-state index contributed by atoms with van der Waals surface area (Å²) < 4.78 is 1.11. The maximum Gasteiger partial charge on any atom is 0.314 e. The molecule has 2 aromatic rings. The Bertz CT molecular complexity index is 613. The van der Waals surface area contributed by atoms with Crippen molar-refractivity contribution >= 4 is 27.5 Å². The smallest absolute Gasteiger partial charge is 0.314 e. The van der Waals surface area contributed by atoms with Crippen LogP contribution in [0.4, 0.5) is 0 Å². The van der Waals surface area contributed by atoms with E-state index < -0.39 is 11.4 Å². The predicted molar refractivity (Wildman–Crippen MR) is 72.2 cm³/mol. The van der Waals surface area contributed by atoms with Gasteiger partial charge in [-0.1, -0.05) is 19.4 Å². The average molecular weight is 261 g/mol. The van der Waals surface area contributed by atoms with Gasteiger partial charge in [0.05, 0.1) is 20.6 Å². The lowest BCUT2D eigenvalue weighted by Gasteiger charge is -2.38. The summed E-state index contributed by atoms with van der Waals surface area (Å²) in [6.07, 6.45) is 3.45. The number of hydrogen-bond acceptors (Lipinski definition) is 3. The predicted octanol–water partition coefficient (Wildman–Crippen LogP) is 3.37. The van der Waals surface area contributed by atoms with Crippen LogP contribution in [0, 0.1) is 0 Å². The number of carbonyl (C=O) groups is 1. The number of fused-ring (bicyclic) bond motifs is 1. The van der Waals surface area contributed by atoms with Gasteiger partial charge >= 0.3 is 5.97 Å². The van der Waals surface area contributed by atoms with Crippen molar-refractivity contribution in [2.45, 2.75) is 38.0 Å². The number of hydrogen-bond donors (Lipinski definition) is 1. The molecule has 1 N–H and O–H groups in total. The van der Waals surface area contributed by atoms with Gasteiger partial charge in [0.1, 0.15) is 0 Å². The molecule has 3 rings (SSSR count). The van der Waals surface area contributed by atoms with Crippen molar-refractivity contribution in [3.8, 4) is 0 Å². The van der Waals surface area contributed by atoms with Crippen LogP contribution in [-0.4, -0.2) is 16.1 Å². The minimum Gasteiger partial charge on any atom is -0.481 e. The molecule has 1 aliphatic rings. The molecule has 0 saturated heterocycles. The number of nitrogens with zero attached hydrogens (tertiary/aromatic N) is 1. The number of aromatic nitrogens is 1. The summed E-state index contributed by atoms with van der Waals surface area (Å²) in [4.78, 5) is 16.0. The first kappa shape index (κ1) is 11.7. The highest BCUT2D eigenvalue weighted by Crippen LogP contribution is 2.45. The summed E-state index contributed by atoms with van der Waals surface area (Å²) in [7, 11) is 0. The maximum atomic E-state index is 11.5. The van der Waals surface area contributed by atoms with E-state index in [1.807, 2.05) is 18.2 Å². The van der Waals surface area contributed by atoms with Crippen molar-refractivity contribution in [3.63, 3.8) is 0 Å². The van der Waals surface area contributed by atoms with Gasteiger partial charge in [0.15, 0.2) is 0 Å². The summed E-state index contributed by atoms with van der Waals surface area (Å²) in [6.45, 7) is 2.09. The Balaban J connectivity index is 2.10. The molecule has 1 aromatic heterocycles. The fraction of sp³-hybridized carbons (Fsp3) is 0.429. The lowest BCUT2D eigenvalue weighted by Crippen LogP contribution is -2.42. The zero-order valence-corrected chi connectivity index (χ0v) is 11.1. The standard InChI is InChI=1S/C14H15NO2S/c1-2-12-15-10-5-4-9(8-11(10)18-12)14(13(16)17)6-3-7-14/h4-5,8H,2-3,6-7H2,1H3,(H,16,17). The first-order valence-corrected chi connectivity index (χ1v) is 7.11. The number of aryl methyl sites for hydroxylation is 1. The van der Waals surface area contributed by atoms with Gasteiger partial charge in [-0.25, -0.2) is 4.98 Å². The van der Waals surface area contributed by atoms with E-state index in [1.54, 1.807) is 11.3 Å². The highest BCUT2D eigenvalue weighted by molar-refractivity contribution is 7.18. The van der Waals surface area contributed by atoms with Crippen molar-refractivity contribution in [1.82, 2.24) is 4.98 Å². The number of aliphatic carboxylic acids is 1. The second-order valence-electron chi connectivity index (χ2n) is 4.88. The van der Waals surface area contributed by atoms with E-state index in [0.29, 0.717) is 0 Å². The minimum atomic E-state index is -0.687. The molecule has 0 spiro atoms. The third-order valence-corrected chi connectivity index (χ3v) is 5.07. The quantitative estimate of drug-likeness (QED) is 0.921. The van der Waals surface area contributed by atoms with Crippen LogP contribution in [-0.2, 0) is 16.6 Å². The largest absolute Gasteiger partial charge is 0.481 e. The topological polar surface area (TPSA) is 50.2 Å². The number of carboxylic acid groups (broad SMARTS) is 1. The molecule has 1 aromatic carbocycles. The SMILES string of the molecule is CCc1nc2ccc(C3(C(=O)O)CCC3)cc2s1. The van der Waals surface area contributed by atoms with Gasteiger partial charge in [-0.15, -0.1) is 11.3 Å². The van der Waals surface area contributed by atoms with Crippen LogP contribution in [0.15, 0.2) is 18.2 Å². The Hall–Kier alpha value is -1.42. The Morgan fingerprint density at radius 2 is 2.28 bits per heavy atom. The van der Waals surface area contributed by atoms with Crippen molar-refractivity contribution in [3.05, 3.63) is 28.8 Å². The third kappa shape index (κ3) is 1.56. The van der Waals surface area contributed by atoms with Crippen molar-refractivity contribution < 1.29 is 9.90 Å². The molecule has 0 amide bonds. The molecular formula is C14H15NO2S. The van der Waals surface area contributed by atoms with Gasteiger partial charge in [-0.05, 0) is 37.0 Å². The van der Waals surface area contributed by atoms with Gasteiger partial charge in [-0.2, -0.15) is 0 Å². The Kier molecular flexibility index (Phi) is 2.63. The maximum absolute atomic E-state index is 11.5. The number of benzene rings is 1. The molecule has 1 fully saturated rings. The van der Waals surface area contributed by atoms with Crippen LogP contribution in [0.2, 0.25) is 0 Å². The molecule has 0 atom stereocenters. The second-order valence-corrected chi connectivity index (χ2v) is 6.00. The minimum absolute atomic E-state index is 0.634. The second kappa shape index (κ2) is 4.05. The highest BCUT2D eigenvalue weighted by Gasteiger charge is 2.45. The van der Waals surface area contributed by atoms with Crippen LogP contribution in [0.1, 0.15) is 36.8 Å². The molecule has 3 nitrogen and oxygen atoms in total. The first-order valence-electron chi connectivity index (χ1n) is 6.29. The number of thiazole rings is 1. The monoisotopic (exact) mass is 261 g/mol. The van der Waals surface area contributed by atoms with Gasteiger partial charge < -0.3 is 5.11 Å². The van der Waals surface area contributed by atoms with Crippen molar-refractivity contribution in [2.24, 2.45) is 0 Å². The third-order valence-electron chi connectivity index (χ3n) is 3.90. The zero-order chi connectivity index (χ0) is 12.8. The van der Waals surface area contributed by atoms with E-state index in [2.05, 4.69) is 11.9 Å². The van der Waals surface area contributed by atoms with Crippen LogP contribution < -0.4 is 0 Å². The summed E-state index contributed by atoms with van der Waals surface area (Å²) in [6, 6.07) is 5.93. The number of carboxylic acids is 1.